The minimum Gasteiger partial charge on any atom is -0.480 e. The fourth-order valence-electron chi connectivity index (χ4n) is 2.54. The predicted octanol–water partition coefficient (Wildman–Crippen LogP) is 1.68. The minimum atomic E-state index is -0.701. The van der Waals surface area contributed by atoms with Crippen molar-refractivity contribution >= 4 is 17.7 Å². The van der Waals surface area contributed by atoms with Crippen LogP contribution in [0.1, 0.15) is 32.6 Å². The molecular formula is C10H17NO2S. The molecule has 2 aliphatic rings. The Morgan fingerprint density at radius 3 is 3.00 bits per heavy atom. The van der Waals surface area contributed by atoms with E-state index in [1.165, 1.54) is 12.8 Å². The summed E-state index contributed by atoms with van der Waals surface area (Å²) >= 11 is 1.81. The number of hydrogen-bond donors (Lipinski definition) is 2. The van der Waals surface area contributed by atoms with Gasteiger partial charge in [-0.2, -0.15) is 0 Å². The standard InChI is InChI=1S/C10H17NO2S/c1-7-3-2-4-10(5-7)11-8(6-14-10)9(12)13/h7-8,11H,2-6H2,1H3,(H,12,13)/t7?,8-,10?/m0/s1. The van der Waals surface area contributed by atoms with E-state index in [-0.39, 0.29) is 10.9 Å². The molecule has 0 aromatic carbocycles. The Kier molecular flexibility index (Phi) is 2.75. The first-order valence-electron chi connectivity index (χ1n) is 5.26. The van der Waals surface area contributed by atoms with Crippen molar-refractivity contribution < 1.29 is 9.90 Å². The lowest BCUT2D eigenvalue weighted by molar-refractivity contribution is -0.139. The van der Waals surface area contributed by atoms with Gasteiger partial charge in [-0.15, -0.1) is 11.8 Å². The number of nitrogens with one attached hydrogen (secondary N) is 1. The van der Waals surface area contributed by atoms with Crippen LogP contribution < -0.4 is 5.32 Å². The van der Waals surface area contributed by atoms with Crippen LogP contribution in [0.25, 0.3) is 0 Å². The molecule has 2 rings (SSSR count). The fourth-order valence-corrected chi connectivity index (χ4v) is 4.17. The lowest BCUT2D eigenvalue weighted by Crippen LogP contribution is -2.47. The van der Waals surface area contributed by atoms with Crippen molar-refractivity contribution in [1.82, 2.24) is 5.32 Å². The zero-order valence-corrected chi connectivity index (χ0v) is 9.27. The average molecular weight is 215 g/mol. The highest BCUT2D eigenvalue weighted by Gasteiger charge is 2.43. The van der Waals surface area contributed by atoms with E-state index in [1.54, 1.807) is 0 Å². The van der Waals surface area contributed by atoms with Crippen LogP contribution in [0, 0.1) is 5.92 Å². The van der Waals surface area contributed by atoms with E-state index in [1.807, 2.05) is 11.8 Å². The molecule has 3 nitrogen and oxygen atoms in total. The highest BCUT2D eigenvalue weighted by Crippen LogP contribution is 2.44. The molecule has 4 heteroatoms. The van der Waals surface area contributed by atoms with Gasteiger partial charge >= 0.3 is 5.97 Å². The lowest BCUT2D eigenvalue weighted by atomic mass is 9.86. The van der Waals surface area contributed by atoms with Crippen molar-refractivity contribution in [3.63, 3.8) is 0 Å². The molecule has 1 saturated carbocycles. The Hall–Kier alpha value is -0.220. The normalized spacial score (nSPS) is 42.9. The second-order valence-electron chi connectivity index (χ2n) is 4.54. The zero-order chi connectivity index (χ0) is 10.2. The van der Waals surface area contributed by atoms with Gasteiger partial charge in [-0.25, -0.2) is 0 Å². The fraction of sp³-hybridized carbons (Fsp3) is 0.900. The van der Waals surface area contributed by atoms with E-state index in [2.05, 4.69) is 12.2 Å². The van der Waals surface area contributed by atoms with Gasteiger partial charge in [0.25, 0.3) is 0 Å². The first-order valence-corrected chi connectivity index (χ1v) is 6.24. The van der Waals surface area contributed by atoms with Gasteiger partial charge in [0.1, 0.15) is 6.04 Å². The van der Waals surface area contributed by atoms with E-state index in [0.29, 0.717) is 0 Å². The number of carboxylic acid groups (broad SMARTS) is 1. The summed E-state index contributed by atoms with van der Waals surface area (Å²) in [5, 5.41) is 12.2. The molecular weight excluding hydrogens is 198 g/mol. The molecule has 14 heavy (non-hydrogen) atoms. The number of carboxylic acids is 1. The van der Waals surface area contributed by atoms with Crippen LogP contribution in [0.3, 0.4) is 0 Å². The van der Waals surface area contributed by atoms with E-state index in [9.17, 15) is 4.79 Å². The van der Waals surface area contributed by atoms with Crippen molar-refractivity contribution in [3.8, 4) is 0 Å². The Labute approximate surface area is 88.6 Å². The number of rotatable bonds is 1. The number of thioether (sulfide) groups is 1. The van der Waals surface area contributed by atoms with Gasteiger partial charge in [-0.3, -0.25) is 10.1 Å². The number of carbonyl (C=O) groups is 1. The second kappa shape index (κ2) is 3.74. The van der Waals surface area contributed by atoms with E-state index in [0.717, 1.165) is 24.5 Å². The molecule has 2 unspecified atom stereocenters. The van der Waals surface area contributed by atoms with Crippen LogP contribution in [0.4, 0.5) is 0 Å². The number of aliphatic carboxylic acids is 1. The topological polar surface area (TPSA) is 49.3 Å². The lowest BCUT2D eigenvalue weighted by Gasteiger charge is -2.36. The SMILES string of the molecule is CC1CCCC2(C1)N[C@H](C(=O)O)CS2. The molecule has 1 saturated heterocycles. The second-order valence-corrected chi connectivity index (χ2v) is 5.95. The molecule has 0 bridgehead atoms. The Bertz CT molecular complexity index is 246. The number of hydrogen-bond acceptors (Lipinski definition) is 3. The summed E-state index contributed by atoms with van der Waals surface area (Å²) < 4.78 is 0. The van der Waals surface area contributed by atoms with Crippen molar-refractivity contribution in [2.24, 2.45) is 5.92 Å². The quantitative estimate of drug-likeness (QED) is 0.699. The van der Waals surface area contributed by atoms with Gasteiger partial charge in [0, 0.05) is 5.75 Å². The van der Waals surface area contributed by atoms with Gasteiger partial charge in [0.2, 0.25) is 0 Å². The van der Waals surface area contributed by atoms with Crippen LogP contribution in [0.2, 0.25) is 0 Å². The van der Waals surface area contributed by atoms with Crippen molar-refractivity contribution in [1.29, 1.82) is 0 Å². The summed E-state index contributed by atoms with van der Waals surface area (Å²) in [6.45, 7) is 2.26. The molecule has 0 radical (unpaired) electrons. The Morgan fingerprint density at radius 2 is 2.43 bits per heavy atom. The van der Waals surface area contributed by atoms with Gasteiger partial charge in [0.15, 0.2) is 0 Å². The highest BCUT2D eigenvalue weighted by molar-refractivity contribution is 8.00. The van der Waals surface area contributed by atoms with E-state index >= 15 is 0 Å². The smallest absolute Gasteiger partial charge is 0.321 e. The molecule has 80 valence electrons. The van der Waals surface area contributed by atoms with Gasteiger partial charge in [-0.05, 0) is 18.8 Å². The maximum Gasteiger partial charge on any atom is 0.321 e. The molecule has 1 aliphatic carbocycles. The van der Waals surface area contributed by atoms with E-state index < -0.39 is 5.97 Å². The molecule has 2 fully saturated rings. The van der Waals surface area contributed by atoms with Crippen molar-refractivity contribution in [3.05, 3.63) is 0 Å². The predicted molar refractivity (Wildman–Crippen MR) is 57.4 cm³/mol. The molecule has 1 aliphatic heterocycles. The monoisotopic (exact) mass is 215 g/mol. The average Bonchev–Trinajstić information content (AvgIpc) is 2.49. The molecule has 2 N–H and O–H groups in total. The molecule has 1 heterocycles. The maximum atomic E-state index is 10.8. The third-order valence-electron chi connectivity index (χ3n) is 3.22. The maximum absolute atomic E-state index is 10.8. The molecule has 3 atom stereocenters. The summed E-state index contributed by atoms with van der Waals surface area (Å²) in [5.74, 6) is 0.756. The summed E-state index contributed by atoms with van der Waals surface area (Å²) in [4.78, 5) is 10.9. The Morgan fingerprint density at radius 1 is 1.64 bits per heavy atom. The summed E-state index contributed by atoms with van der Waals surface area (Å²) in [7, 11) is 0. The van der Waals surface area contributed by atoms with Gasteiger partial charge in [-0.1, -0.05) is 19.8 Å². The summed E-state index contributed by atoms with van der Waals surface area (Å²) in [6.07, 6.45) is 4.78. The third kappa shape index (κ3) is 1.91. The van der Waals surface area contributed by atoms with Gasteiger partial charge < -0.3 is 5.11 Å². The van der Waals surface area contributed by atoms with Crippen LogP contribution in [0.5, 0.6) is 0 Å². The Balaban J connectivity index is 2.01. The van der Waals surface area contributed by atoms with E-state index in [4.69, 9.17) is 5.11 Å². The third-order valence-corrected chi connectivity index (χ3v) is 4.76. The van der Waals surface area contributed by atoms with Crippen LogP contribution in [-0.4, -0.2) is 27.7 Å². The van der Waals surface area contributed by atoms with Gasteiger partial charge in [0.05, 0.1) is 4.87 Å². The van der Waals surface area contributed by atoms with Crippen LogP contribution in [-0.2, 0) is 4.79 Å². The van der Waals surface area contributed by atoms with Crippen LogP contribution >= 0.6 is 11.8 Å². The summed E-state index contributed by atoms with van der Waals surface area (Å²) in [5.41, 5.74) is 0. The molecule has 1 spiro atoms. The van der Waals surface area contributed by atoms with Crippen LogP contribution in [0.15, 0.2) is 0 Å². The minimum absolute atomic E-state index is 0.0841. The first-order chi connectivity index (χ1) is 6.61. The highest BCUT2D eigenvalue weighted by atomic mass is 32.2. The summed E-state index contributed by atoms with van der Waals surface area (Å²) in [6, 6.07) is -0.328. The van der Waals surface area contributed by atoms with Crippen molar-refractivity contribution in [2.45, 2.75) is 43.5 Å². The molecule has 0 amide bonds. The largest absolute Gasteiger partial charge is 0.480 e. The van der Waals surface area contributed by atoms with Crippen molar-refractivity contribution in [2.75, 3.05) is 5.75 Å². The zero-order valence-electron chi connectivity index (χ0n) is 8.45. The molecule has 0 aromatic rings. The molecule has 0 aromatic heterocycles. The first kappa shape index (κ1) is 10.3.